The molecule has 1 saturated carbocycles. The molecule has 0 aromatic carbocycles. The Morgan fingerprint density at radius 1 is 1.26 bits per heavy atom. The highest BCUT2D eigenvalue weighted by atomic mass is 16.2. The van der Waals surface area contributed by atoms with Crippen LogP contribution in [-0.2, 0) is 14.4 Å². The monoisotopic (exact) mass is 264 g/mol. The number of ketones is 1. The smallest absolute Gasteiger partial charge is 0.232 e. The molecule has 104 valence electrons. The first kappa shape index (κ1) is 12.6. The second-order valence-electron chi connectivity index (χ2n) is 5.90. The van der Waals surface area contributed by atoms with Crippen LogP contribution in [0.25, 0.3) is 0 Å². The van der Waals surface area contributed by atoms with Crippen LogP contribution in [0.1, 0.15) is 39.0 Å². The Morgan fingerprint density at radius 2 is 2.05 bits per heavy atom. The minimum Gasteiger partial charge on any atom is -0.351 e. The summed E-state index contributed by atoms with van der Waals surface area (Å²) in [5.41, 5.74) is 0. The predicted octanol–water partition coefficient (Wildman–Crippen LogP) is 0.481. The van der Waals surface area contributed by atoms with E-state index in [0.29, 0.717) is 13.0 Å². The van der Waals surface area contributed by atoms with E-state index in [1.165, 1.54) is 0 Å². The van der Waals surface area contributed by atoms with Crippen molar-refractivity contribution in [2.75, 3.05) is 6.54 Å². The zero-order valence-electron chi connectivity index (χ0n) is 11.2. The van der Waals surface area contributed by atoms with E-state index in [9.17, 15) is 14.4 Å². The third-order valence-electron chi connectivity index (χ3n) is 4.78. The fraction of sp³-hybridized carbons (Fsp3) is 0.786. The number of hydrogen-bond acceptors (Lipinski definition) is 3. The van der Waals surface area contributed by atoms with E-state index < -0.39 is 5.92 Å². The van der Waals surface area contributed by atoms with Crippen molar-refractivity contribution in [3.05, 3.63) is 0 Å². The molecular weight excluding hydrogens is 244 g/mol. The summed E-state index contributed by atoms with van der Waals surface area (Å²) in [6.45, 7) is 2.76. The van der Waals surface area contributed by atoms with Gasteiger partial charge in [0.2, 0.25) is 11.8 Å². The molecule has 4 atom stereocenters. The lowest BCUT2D eigenvalue weighted by molar-refractivity contribution is -0.158. The minimum absolute atomic E-state index is 0.0254. The zero-order valence-corrected chi connectivity index (χ0v) is 11.2. The number of amides is 2. The Balaban J connectivity index is 1.95. The molecule has 4 bridgehead atoms. The molecule has 5 heterocycles. The van der Waals surface area contributed by atoms with Crippen molar-refractivity contribution in [1.82, 2.24) is 10.2 Å². The van der Waals surface area contributed by atoms with Crippen LogP contribution in [0.2, 0.25) is 0 Å². The topological polar surface area (TPSA) is 66.5 Å². The number of unbranched alkanes of at least 4 members (excludes halogenated alkanes) is 1. The van der Waals surface area contributed by atoms with Crippen molar-refractivity contribution in [2.45, 2.75) is 51.1 Å². The molecule has 0 spiro atoms. The van der Waals surface area contributed by atoms with Gasteiger partial charge in [0.25, 0.3) is 0 Å². The van der Waals surface area contributed by atoms with Gasteiger partial charge in [-0.1, -0.05) is 13.3 Å². The van der Waals surface area contributed by atoms with Gasteiger partial charge in [-0.25, -0.2) is 0 Å². The molecule has 6 aliphatic rings. The predicted molar refractivity (Wildman–Crippen MR) is 68.2 cm³/mol. The number of piperidine rings is 2. The van der Waals surface area contributed by atoms with Gasteiger partial charge in [-0.15, -0.1) is 0 Å². The average Bonchev–Trinajstić information content (AvgIpc) is 2.34. The highest BCUT2D eigenvalue weighted by molar-refractivity contribution is 6.06. The van der Waals surface area contributed by atoms with Crippen molar-refractivity contribution in [3.8, 4) is 0 Å². The second-order valence-corrected chi connectivity index (χ2v) is 5.90. The molecule has 6 rings (SSSR count). The van der Waals surface area contributed by atoms with E-state index >= 15 is 0 Å². The normalized spacial score (nSPS) is 37.3. The SMILES string of the molecule is CCCCN1C(=O)[C@@H]2CC[C@H]1[C@@H]1C(=O)C[C@H]2NC1=O. The van der Waals surface area contributed by atoms with Crippen molar-refractivity contribution >= 4 is 17.6 Å². The summed E-state index contributed by atoms with van der Waals surface area (Å²) in [5.74, 6) is -0.810. The van der Waals surface area contributed by atoms with Crippen LogP contribution in [0.4, 0.5) is 0 Å². The third-order valence-corrected chi connectivity index (χ3v) is 4.78. The van der Waals surface area contributed by atoms with Crippen LogP contribution < -0.4 is 5.32 Å². The fourth-order valence-corrected chi connectivity index (χ4v) is 3.78. The molecule has 0 aromatic rings. The molecule has 5 heteroatoms. The fourth-order valence-electron chi connectivity index (χ4n) is 3.78. The van der Waals surface area contributed by atoms with Gasteiger partial charge in [-0.3, -0.25) is 14.4 Å². The molecule has 1 aliphatic carbocycles. The molecule has 2 amide bonds. The lowest BCUT2D eigenvalue weighted by Gasteiger charge is -2.49. The Morgan fingerprint density at radius 3 is 2.74 bits per heavy atom. The molecule has 1 N–H and O–H groups in total. The Kier molecular flexibility index (Phi) is 3.07. The standard InChI is InChI=1S/C14H20N2O3/c1-2-3-6-16-10-5-4-8(14(16)19)9-7-11(17)12(10)13(18)15-9/h8-10,12H,2-7H2,1H3,(H,15,18)/t8-,9-,10+,12-/m1/s1. The van der Waals surface area contributed by atoms with E-state index in [-0.39, 0.29) is 35.6 Å². The van der Waals surface area contributed by atoms with Crippen molar-refractivity contribution in [2.24, 2.45) is 11.8 Å². The highest BCUT2D eigenvalue weighted by Crippen LogP contribution is 2.38. The summed E-state index contributed by atoms with van der Waals surface area (Å²) in [6, 6.07) is -0.474. The minimum atomic E-state index is -0.627. The van der Waals surface area contributed by atoms with E-state index in [2.05, 4.69) is 12.2 Å². The second kappa shape index (κ2) is 4.62. The first-order chi connectivity index (χ1) is 9.13. The molecular formula is C14H20N2O3. The Bertz CT molecular complexity index is 416. The first-order valence-corrected chi connectivity index (χ1v) is 7.27. The number of Topliss-reactive ketones (excluding diaryl/α,β-unsaturated/α-hetero) is 1. The summed E-state index contributed by atoms with van der Waals surface area (Å²) in [5, 5.41) is 2.88. The third kappa shape index (κ3) is 1.86. The molecule has 0 aromatic heterocycles. The highest BCUT2D eigenvalue weighted by Gasteiger charge is 2.53. The first-order valence-electron chi connectivity index (χ1n) is 7.27. The quantitative estimate of drug-likeness (QED) is 0.754. The molecule has 5 nitrogen and oxygen atoms in total. The lowest BCUT2D eigenvalue weighted by atomic mass is 9.71. The van der Waals surface area contributed by atoms with Gasteiger partial charge in [0.15, 0.2) is 0 Å². The van der Waals surface area contributed by atoms with Crippen LogP contribution >= 0.6 is 0 Å². The molecule has 19 heavy (non-hydrogen) atoms. The maximum atomic E-state index is 12.5. The van der Waals surface area contributed by atoms with Crippen molar-refractivity contribution < 1.29 is 14.4 Å². The summed E-state index contributed by atoms with van der Waals surface area (Å²) in [7, 11) is 0. The maximum Gasteiger partial charge on any atom is 0.232 e. The summed E-state index contributed by atoms with van der Waals surface area (Å²) >= 11 is 0. The van der Waals surface area contributed by atoms with Gasteiger partial charge < -0.3 is 10.2 Å². The Hall–Kier alpha value is -1.39. The number of nitrogens with zero attached hydrogens (tertiary/aromatic N) is 1. The molecule has 6 fully saturated rings. The number of carbonyl (C=O) groups excluding carboxylic acids is 3. The number of hydrogen-bond donors (Lipinski definition) is 1. The van der Waals surface area contributed by atoms with Crippen molar-refractivity contribution in [1.29, 1.82) is 0 Å². The van der Waals surface area contributed by atoms with Gasteiger partial charge >= 0.3 is 0 Å². The van der Waals surface area contributed by atoms with Crippen LogP contribution in [-0.4, -0.2) is 41.1 Å². The molecule has 0 radical (unpaired) electrons. The average molecular weight is 264 g/mol. The van der Waals surface area contributed by atoms with Gasteiger partial charge in [-0.2, -0.15) is 0 Å². The molecule has 5 saturated heterocycles. The zero-order chi connectivity index (χ0) is 13.6. The largest absolute Gasteiger partial charge is 0.351 e. The van der Waals surface area contributed by atoms with Gasteiger partial charge in [0, 0.05) is 19.0 Å². The van der Waals surface area contributed by atoms with Crippen LogP contribution in [0.15, 0.2) is 0 Å². The lowest BCUT2D eigenvalue weighted by Crippen LogP contribution is -2.67. The van der Waals surface area contributed by atoms with Gasteiger partial charge in [0.05, 0.1) is 12.0 Å². The van der Waals surface area contributed by atoms with E-state index in [0.717, 1.165) is 25.7 Å². The summed E-state index contributed by atoms with van der Waals surface area (Å²) in [4.78, 5) is 38.6. The van der Waals surface area contributed by atoms with E-state index in [4.69, 9.17) is 0 Å². The number of rotatable bonds is 3. The van der Waals surface area contributed by atoms with Gasteiger partial charge in [0.1, 0.15) is 11.7 Å². The van der Waals surface area contributed by atoms with Crippen LogP contribution in [0.3, 0.4) is 0 Å². The van der Waals surface area contributed by atoms with Gasteiger partial charge in [-0.05, 0) is 19.3 Å². The van der Waals surface area contributed by atoms with E-state index in [1.807, 2.05) is 4.90 Å². The molecule has 5 aliphatic heterocycles. The van der Waals surface area contributed by atoms with E-state index in [1.54, 1.807) is 0 Å². The van der Waals surface area contributed by atoms with Crippen LogP contribution in [0, 0.1) is 11.8 Å². The molecule has 0 unspecified atom stereocenters. The number of nitrogens with one attached hydrogen (secondary N) is 1. The maximum absolute atomic E-state index is 12.5. The number of carbonyl (C=O) groups is 3. The van der Waals surface area contributed by atoms with Crippen LogP contribution in [0.5, 0.6) is 0 Å². The Labute approximate surface area is 112 Å². The summed E-state index contributed by atoms with van der Waals surface area (Å²) in [6.07, 6.45) is 3.88. The summed E-state index contributed by atoms with van der Waals surface area (Å²) < 4.78 is 0. The van der Waals surface area contributed by atoms with Crippen molar-refractivity contribution in [3.63, 3.8) is 0 Å².